The van der Waals surface area contributed by atoms with Crippen LogP contribution < -0.4 is 4.46 Å². The van der Waals surface area contributed by atoms with E-state index in [0.29, 0.717) is 15.0 Å². The molecule has 1 rings (SSSR count). The summed E-state index contributed by atoms with van der Waals surface area (Å²) in [6.07, 6.45) is 1.94. The second kappa shape index (κ2) is 4.49. The van der Waals surface area contributed by atoms with E-state index in [4.69, 9.17) is 0 Å². The molecule has 0 saturated carbocycles. The van der Waals surface area contributed by atoms with E-state index in [-0.39, 0.29) is 0 Å². The molecule has 0 spiro atoms. The Labute approximate surface area is 80.8 Å². The predicted molar refractivity (Wildman–Crippen MR) is 57.0 cm³/mol. The van der Waals surface area contributed by atoms with Gasteiger partial charge in [0, 0.05) is 0 Å². The van der Waals surface area contributed by atoms with Crippen LogP contribution in [0.25, 0.3) is 6.08 Å². The Kier molecular flexibility index (Phi) is 3.58. The van der Waals surface area contributed by atoms with Gasteiger partial charge in [0.15, 0.2) is 0 Å². The zero-order valence-corrected chi connectivity index (χ0v) is 9.29. The van der Waals surface area contributed by atoms with Crippen molar-refractivity contribution in [1.29, 1.82) is 0 Å². The molecule has 0 fully saturated rings. The van der Waals surface area contributed by atoms with Crippen LogP contribution in [0.15, 0.2) is 30.8 Å². The fourth-order valence-electron chi connectivity index (χ4n) is 1.01. The maximum absolute atomic E-state index is 3.81. The van der Waals surface area contributed by atoms with Crippen molar-refractivity contribution in [3.63, 3.8) is 0 Å². The molecule has 0 heterocycles. The van der Waals surface area contributed by atoms with E-state index in [0.717, 1.165) is 4.82 Å². The van der Waals surface area contributed by atoms with Crippen LogP contribution in [0, 0.1) is 0 Å². The van der Waals surface area contributed by atoms with Gasteiger partial charge in [0.1, 0.15) is 0 Å². The third-order valence-electron chi connectivity index (χ3n) is 1.50. The van der Waals surface area contributed by atoms with Crippen LogP contribution in [0.3, 0.4) is 0 Å². The fraction of sp³-hybridized carbons (Fsp3) is 0.273. The molecule has 0 aliphatic carbocycles. The van der Waals surface area contributed by atoms with Crippen molar-refractivity contribution in [3.05, 3.63) is 36.4 Å². The van der Waals surface area contributed by atoms with E-state index in [1.165, 1.54) is 10.0 Å². The number of benzene rings is 1. The second-order valence-corrected chi connectivity index (χ2v) is 6.30. The molecule has 1 heteroatoms. The molecule has 0 aliphatic heterocycles. The van der Waals surface area contributed by atoms with Crippen LogP contribution in [-0.2, 0) is 0 Å². The second-order valence-electron chi connectivity index (χ2n) is 2.91. The van der Waals surface area contributed by atoms with Gasteiger partial charge in [-0.3, -0.25) is 0 Å². The van der Waals surface area contributed by atoms with E-state index in [1.807, 2.05) is 6.08 Å². The molecule has 0 radical (unpaired) electrons. The van der Waals surface area contributed by atoms with E-state index in [9.17, 15) is 0 Å². The van der Waals surface area contributed by atoms with Crippen molar-refractivity contribution < 1.29 is 0 Å². The van der Waals surface area contributed by atoms with Gasteiger partial charge >= 0.3 is 80.6 Å². The SMILES string of the molecule is C=Cc1ccccc1[Se]C(C)C. The summed E-state index contributed by atoms with van der Waals surface area (Å²) in [5.74, 6) is 0. The van der Waals surface area contributed by atoms with E-state index >= 15 is 0 Å². The first-order chi connectivity index (χ1) is 5.74. The molecule has 12 heavy (non-hydrogen) atoms. The molecular formula is C11H14Se. The van der Waals surface area contributed by atoms with Crippen LogP contribution in [0.1, 0.15) is 19.4 Å². The molecule has 0 nitrogen and oxygen atoms in total. The van der Waals surface area contributed by atoms with Crippen molar-refractivity contribution in [2.24, 2.45) is 0 Å². The topological polar surface area (TPSA) is 0 Å². The summed E-state index contributed by atoms with van der Waals surface area (Å²) in [6, 6.07) is 8.51. The van der Waals surface area contributed by atoms with Gasteiger partial charge in [0.05, 0.1) is 0 Å². The minimum atomic E-state index is 0.588. The van der Waals surface area contributed by atoms with Crippen LogP contribution in [-0.4, -0.2) is 15.0 Å². The Balaban J connectivity index is 2.89. The Morgan fingerprint density at radius 3 is 2.58 bits per heavy atom. The predicted octanol–water partition coefficient (Wildman–Crippen LogP) is 2.49. The maximum atomic E-state index is 3.81. The molecule has 1 aromatic carbocycles. The van der Waals surface area contributed by atoms with Gasteiger partial charge in [-0.1, -0.05) is 0 Å². The average molecular weight is 225 g/mol. The molecule has 0 atom stereocenters. The van der Waals surface area contributed by atoms with Gasteiger partial charge in [-0.2, -0.15) is 0 Å². The molecule has 64 valence electrons. The van der Waals surface area contributed by atoms with Gasteiger partial charge < -0.3 is 0 Å². The normalized spacial score (nSPS) is 10.2. The van der Waals surface area contributed by atoms with Gasteiger partial charge in [-0.15, -0.1) is 0 Å². The third kappa shape index (κ3) is 2.51. The first-order valence-electron chi connectivity index (χ1n) is 4.12. The summed E-state index contributed by atoms with van der Waals surface area (Å²) in [4.78, 5) is 0.776. The quantitative estimate of drug-likeness (QED) is 0.693. The molecule has 0 amide bonds. The summed E-state index contributed by atoms with van der Waals surface area (Å²) in [5.41, 5.74) is 1.30. The Morgan fingerprint density at radius 2 is 2.00 bits per heavy atom. The van der Waals surface area contributed by atoms with Crippen LogP contribution in [0.5, 0.6) is 0 Å². The molecular weight excluding hydrogens is 211 g/mol. The molecule has 0 bridgehead atoms. The summed E-state index contributed by atoms with van der Waals surface area (Å²) in [5, 5.41) is 0. The minimum absolute atomic E-state index is 0.588. The van der Waals surface area contributed by atoms with E-state index < -0.39 is 0 Å². The van der Waals surface area contributed by atoms with Crippen LogP contribution in [0.2, 0.25) is 4.82 Å². The van der Waals surface area contributed by atoms with E-state index in [2.05, 4.69) is 44.7 Å². The molecule has 0 aromatic heterocycles. The average Bonchev–Trinajstić information content (AvgIpc) is 2.04. The van der Waals surface area contributed by atoms with Gasteiger partial charge in [-0.05, 0) is 0 Å². The van der Waals surface area contributed by atoms with Crippen molar-refractivity contribution >= 4 is 25.5 Å². The zero-order valence-electron chi connectivity index (χ0n) is 7.58. The Morgan fingerprint density at radius 1 is 1.33 bits per heavy atom. The first-order valence-corrected chi connectivity index (χ1v) is 5.96. The molecule has 0 N–H and O–H groups in total. The summed E-state index contributed by atoms with van der Waals surface area (Å²) in [6.45, 7) is 8.34. The number of hydrogen-bond donors (Lipinski definition) is 0. The Bertz CT molecular complexity index is 263. The van der Waals surface area contributed by atoms with Crippen molar-refractivity contribution in [1.82, 2.24) is 0 Å². The van der Waals surface area contributed by atoms with Crippen LogP contribution in [0.4, 0.5) is 0 Å². The zero-order chi connectivity index (χ0) is 8.97. The Hall–Kier alpha value is -0.521. The monoisotopic (exact) mass is 226 g/mol. The fourth-order valence-corrected chi connectivity index (χ4v) is 3.01. The first kappa shape index (κ1) is 9.57. The van der Waals surface area contributed by atoms with Crippen LogP contribution >= 0.6 is 0 Å². The molecule has 0 aliphatic rings. The van der Waals surface area contributed by atoms with Crippen molar-refractivity contribution in [2.75, 3.05) is 0 Å². The van der Waals surface area contributed by atoms with Crippen molar-refractivity contribution in [3.8, 4) is 0 Å². The summed E-state index contributed by atoms with van der Waals surface area (Å²) < 4.78 is 1.47. The number of rotatable bonds is 3. The van der Waals surface area contributed by atoms with Gasteiger partial charge in [-0.25, -0.2) is 0 Å². The van der Waals surface area contributed by atoms with E-state index in [1.54, 1.807) is 0 Å². The molecule has 1 aromatic rings. The van der Waals surface area contributed by atoms with Crippen molar-refractivity contribution in [2.45, 2.75) is 18.7 Å². The summed E-state index contributed by atoms with van der Waals surface area (Å²) >= 11 is 0.588. The molecule has 0 saturated heterocycles. The standard InChI is InChI=1S/C11H14Se/c1-4-10-7-5-6-8-11(10)12-9(2)3/h4-9H,1H2,2-3H3. The molecule has 0 unspecified atom stereocenters. The number of hydrogen-bond acceptors (Lipinski definition) is 0. The summed E-state index contributed by atoms with van der Waals surface area (Å²) in [7, 11) is 0. The third-order valence-corrected chi connectivity index (χ3v) is 3.80. The van der Waals surface area contributed by atoms with Gasteiger partial charge in [0.2, 0.25) is 0 Å². The van der Waals surface area contributed by atoms with Gasteiger partial charge in [0.25, 0.3) is 0 Å².